The molecule has 6 nitrogen and oxygen atoms in total. The molecular weight excluding hydrogens is 358 g/mol. The summed E-state index contributed by atoms with van der Waals surface area (Å²) in [7, 11) is 0. The van der Waals surface area contributed by atoms with E-state index in [1.165, 1.54) is 11.8 Å². The smallest absolute Gasteiger partial charge is 0.271 e. The highest BCUT2D eigenvalue weighted by atomic mass is 32.2. The van der Waals surface area contributed by atoms with Crippen molar-refractivity contribution in [1.82, 2.24) is 24.1 Å². The number of hydrogen-bond donors (Lipinski definition) is 0. The lowest BCUT2D eigenvalue weighted by molar-refractivity contribution is 0.646. The van der Waals surface area contributed by atoms with Crippen molar-refractivity contribution < 1.29 is 0 Å². The summed E-state index contributed by atoms with van der Waals surface area (Å²) in [5, 5.41) is 1.95. The predicted octanol–water partition coefficient (Wildman–Crippen LogP) is 3.36. The molecule has 0 saturated heterocycles. The highest BCUT2D eigenvalue weighted by Gasteiger charge is 2.17. The second kappa shape index (κ2) is 6.21. The Morgan fingerprint density at radius 1 is 0.963 bits per heavy atom. The average molecular weight is 373 g/mol. The number of benzene rings is 2. The molecule has 132 valence electrons. The summed E-state index contributed by atoms with van der Waals surface area (Å²) in [6, 6.07) is 18.0. The minimum atomic E-state index is -0.158. The van der Waals surface area contributed by atoms with Crippen LogP contribution in [-0.4, -0.2) is 30.4 Å². The third kappa shape index (κ3) is 2.50. The van der Waals surface area contributed by atoms with Gasteiger partial charge in [-0.25, -0.2) is 15.0 Å². The zero-order valence-electron chi connectivity index (χ0n) is 14.5. The second-order valence-electron chi connectivity index (χ2n) is 6.21. The van der Waals surface area contributed by atoms with E-state index in [9.17, 15) is 4.79 Å². The van der Waals surface area contributed by atoms with Crippen molar-refractivity contribution in [3.05, 3.63) is 76.7 Å². The first-order valence-electron chi connectivity index (χ1n) is 8.51. The zero-order valence-corrected chi connectivity index (χ0v) is 15.3. The van der Waals surface area contributed by atoms with E-state index in [1.807, 2.05) is 65.5 Å². The molecule has 27 heavy (non-hydrogen) atoms. The molecule has 2 aromatic carbocycles. The minimum absolute atomic E-state index is 0.158. The van der Waals surface area contributed by atoms with Gasteiger partial charge in [0.15, 0.2) is 16.5 Å². The van der Waals surface area contributed by atoms with E-state index in [0.29, 0.717) is 28.4 Å². The van der Waals surface area contributed by atoms with Crippen molar-refractivity contribution in [2.24, 2.45) is 0 Å². The Hall–Kier alpha value is -3.19. The molecule has 0 amide bonds. The van der Waals surface area contributed by atoms with E-state index in [2.05, 4.69) is 9.97 Å². The molecule has 0 N–H and O–H groups in total. The lowest BCUT2D eigenvalue weighted by Gasteiger charge is -2.08. The van der Waals surface area contributed by atoms with Gasteiger partial charge in [0.1, 0.15) is 5.39 Å². The topological polar surface area (TPSA) is 65.1 Å². The van der Waals surface area contributed by atoms with Crippen molar-refractivity contribution in [3.63, 3.8) is 0 Å². The molecule has 0 spiro atoms. The van der Waals surface area contributed by atoms with Crippen LogP contribution in [0.3, 0.4) is 0 Å². The average Bonchev–Trinajstić information content (AvgIpc) is 3.02. The number of hydrogen-bond acceptors (Lipinski definition) is 5. The molecule has 0 unspecified atom stereocenters. The fraction of sp³-hybridized carbons (Fsp3) is 0.100. The maximum atomic E-state index is 13.3. The number of aromatic nitrogens is 5. The maximum Gasteiger partial charge on any atom is 0.284 e. The number of fused-ring (bicyclic) bond motifs is 4. The first-order chi connectivity index (χ1) is 13.3. The van der Waals surface area contributed by atoms with Gasteiger partial charge in [0, 0.05) is 11.6 Å². The SMILES string of the molecule is CSc1ncc2c(=O)n3c(nc2n1)c1ccccc1n3Cc1ccccc1. The first-order valence-corrected chi connectivity index (χ1v) is 9.73. The standard InChI is InChI=1S/C20H15N5OS/c1-27-20-21-11-15-17(23-20)22-18-14-9-5-6-10-16(14)24(25(18)19(15)26)12-13-7-3-2-4-8-13/h2-11H,12H2,1H3. The van der Waals surface area contributed by atoms with Crippen molar-refractivity contribution >= 4 is 39.3 Å². The lowest BCUT2D eigenvalue weighted by atomic mass is 10.2. The fourth-order valence-electron chi connectivity index (χ4n) is 3.36. The summed E-state index contributed by atoms with van der Waals surface area (Å²) in [6.07, 6.45) is 3.47. The molecule has 0 bridgehead atoms. The molecular formula is C20H15N5OS. The van der Waals surface area contributed by atoms with Gasteiger partial charge in [-0.15, -0.1) is 0 Å². The number of thioether (sulfide) groups is 1. The van der Waals surface area contributed by atoms with Crippen LogP contribution in [0.5, 0.6) is 0 Å². The van der Waals surface area contributed by atoms with Crippen molar-refractivity contribution in [1.29, 1.82) is 0 Å². The van der Waals surface area contributed by atoms with Gasteiger partial charge in [0.2, 0.25) is 0 Å². The monoisotopic (exact) mass is 373 g/mol. The van der Waals surface area contributed by atoms with Gasteiger partial charge in [0.25, 0.3) is 5.56 Å². The summed E-state index contributed by atoms with van der Waals surface area (Å²) in [4.78, 5) is 26.7. The maximum absolute atomic E-state index is 13.3. The highest BCUT2D eigenvalue weighted by molar-refractivity contribution is 7.98. The Morgan fingerprint density at radius 3 is 2.56 bits per heavy atom. The second-order valence-corrected chi connectivity index (χ2v) is 6.98. The van der Waals surface area contributed by atoms with Gasteiger partial charge in [-0.1, -0.05) is 54.2 Å². The molecule has 5 aromatic rings. The van der Waals surface area contributed by atoms with Crippen LogP contribution < -0.4 is 5.56 Å². The van der Waals surface area contributed by atoms with E-state index >= 15 is 0 Å². The van der Waals surface area contributed by atoms with Crippen LogP contribution in [0.25, 0.3) is 27.6 Å². The van der Waals surface area contributed by atoms with Crippen molar-refractivity contribution in [2.75, 3.05) is 6.26 Å². The summed E-state index contributed by atoms with van der Waals surface area (Å²) in [5.74, 6) is 0. The lowest BCUT2D eigenvalue weighted by Crippen LogP contribution is -2.22. The van der Waals surface area contributed by atoms with Crippen LogP contribution in [0.1, 0.15) is 5.56 Å². The van der Waals surface area contributed by atoms with E-state index in [0.717, 1.165) is 16.5 Å². The van der Waals surface area contributed by atoms with Crippen molar-refractivity contribution in [3.8, 4) is 0 Å². The van der Waals surface area contributed by atoms with Crippen LogP contribution in [0.2, 0.25) is 0 Å². The summed E-state index contributed by atoms with van der Waals surface area (Å²) >= 11 is 1.43. The van der Waals surface area contributed by atoms with Gasteiger partial charge < -0.3 is 0 Å². The van der Waals surface area contributed by atoms with E-state index in [-0.39, 0.29) is 5.56 Å². The molecule has 0 atom stereocenters. The molecule has 0 aliphatic rings. The Balaban J connectivity index is 1.90. The van der Waals surface area contributed by atoms with Crippen molar-refractivity contribution in [2.45, 2.75) is 11.7 Å². The third-order valence-electron chi connectivity index (χ3n) is 4.60. The van der Waals surface area contributed by atoms with Crippen LogP contribution in [0, 0.1) is 0 Å². The van der Waals surface area contributed by atoms with E-state index in [1.54, 1.807) is 10.7 Å². The van der Waals surface area contributed by atoms with Gasteiger partial charge in [-0.05, 0) is 24.0 Å². The summed E-state index contributed by atoms with van der Waals surface area (Å²) < 4.78 is 3.61. The molecule has 0 radical (unpaired) electrons. The normalized spacial score (nSPS) is 11.6. The van der Waals surface area contributed by atoms with E-state index < -0.39 is 0 Å². The van der Waals surface area contributed by atoms with Gasteiger partial charge in [-0.2, -0.15) is 4.52 Å². The van der Waals surface area contributed by atoms with Crippen LogP contribution in [0.4, 0.5) is 0 Å². The van der Waals surface area contributed by atoms with Gasteiger partial charge >= 0.3 is 0 Å². The third-order valence-corrected chi connectivity index (χ3v) is 5.17. The zero-order chi connectivity index (χ0) is 18.4. The fourth-order valence-corrected chi connectivity index (χ4v) is 3.69. The van der Waals surface area contributed by atoms with Crippen LogP contribution >= 0.6 is 11.8 Å². The van der Waals surface area contributed by atoms with E-state index in [4.69, 9.17) is 4.98 Å². The van der Waals surface area contributed by atoms with Crippen LogP contribution in [0.15, 0.2) is 70.7 Å². The Morgan fingerprint density at radius 2 is 1.74 bits per heavy atom. The Labute approximate surface area is 158 Å². The molecule has 3 heterocycles. The first kappa shape index (κ1) is 16.0. The van der Waals surface area contributed by atoms with Gasteiger partial charge in [0.05, 0.1) is 12.1 Å². The molecule has 0 fully saturated rings. The molecule has 5 rings (SSSR count). The minimum Gasteiger partial charge on any atom is -0.271 e. The molecule has 3 aromatic heterocycles. The van der Waals surface area contributed by atoms with Crippen LogP contribution in [-0.2, 0) is 6.54 Å². The Kier molecular flexibility index (Phi) is 3.68. The molecule has 0 aliphatic heterocycles. The molecule has 0 saturated carbocycles. The number of para-hydroxylation sites is 1. The summed E-state index contributed by atoms with van der Waals surface area (Å²) in [6.45, 7) is 0.571. The largest absolute Gasteiger partial charge is 0.284 e. The molecule has 7 heteroatoms. The quantitative estimate of drug-likeness (QED) is 0.358. The highest BCUT2D eigenvalue weighted by Crippen LogP contribution is 2.22. The summed E-state index contributed by atoms with van der Waals surface area (Å²) in [5.41, 5.74) is 2.96. The predicted molar refractivity (Wildman–Crippen MR) is 107 cm³/mol. The Bertz CT molecular complexity index is 1360. The number of rotatable bonds is 3. The van der Waals surface area contributed by atoms with Gasteiger partial charge in [-0.3, -0.25) is 9.48 Å². The molecule has 0 aliphatic carbocycles. The number of nitrogens with zero attached hydrogens (tertiary/aromatic N) is 5.